The molecule has 0 bridgehead atoms. The molecule has 29 heavy (non-hydrogen) atoms. The van der Waals surface area contributed by atoms with Gasteiger partial charge in [0.15, 0.2) is 0 Å². The van der Waals surface area contributed by atoms with Crippen molar-refractivity contribution in [3.63, 3.8) is 0 Å². The number of piperidine rings is 1. The molecule has 5 atom stereocenters. The molecule has 5 unspecified atom stereocenters. The molecule has 3 N–H and O–H groups in total. The maximum Gasteiger partial charge on any atom is 0.221 e. The van der Waals surface area contributed by atoms with E-state index < -0.39 is 0 Å². The minimum absolute atomic E-state index is 0.0821. The van der Waals surface area contributed by atoms with Crippen molar-refractivity contribution in [2.45, 2.75) is 76.0 Å². The number of likely N-dealkylation sites (tertiary alicyclic amines) is 1. The zero-order valence-electron chi connectivity index (χ0n) is 17.8. The summed E-state index contributed by atoms with van der Waals surface area (Å²) in [5, 5.41) is 12.2. The van der Waals surface area contributed by atoms with Crippen molar-refractivity contribution in [1.29, 1.82) is 0 Å². The number of aliphatic hydroxyl groups excluding tert-OH is 1. The second-order valence-corrected chi connectivity index (χ2v) is 9.83. The van der Waals surface area contributed by atoms with E-state index in [2.05, 4.69) is 48.6 Å². The third-order valence-corrected chi connectivity index (χ3v) is 7.84. The Morgan fingerprint density at radius 2 is 2.03 bits per heavy atom. The van der Waals surface area contributed by atoms with Crippen LogP contribution in [0.25, 0.3) is 10.9 Å². The lowest BCUT2D eigenvalue weighted by molar-refractivity contribution is -0.124. The van der Waals surface area contributed by atoms with Crippen molar-refractivity contribution in [1.82, 2.24) is 9.47 Å². The van der Waals surface area contributed by atoms with Gasteiger partial charge >= 0.3 is 0 Å². The van der Waals surface area contributed by atoms with Gasteiger partial charge in [-0.1, -0.05) is 18.6 Å². The Kier molecular flexibility index (Phi) is 4.52. The molecule has 2 aromatic rings. The van der Waals surface area contributed by atoms with Crippen molar-refractivity contribution in [3.05, 3.63) is 35.0 Å². The van der Waals surface area contributed by atoms with Gasteiger partial charge in [-0.25, -0.2) is 0 Å². The Bertz CT molecular complexity index is 963. The van der Waals surface area contributed by atoms with Crippen LogP contribution in [-0.4, -0.2) is 46.2 Å². The quantitative estimate of drug-likeness (QED) is 0.838. The Hall–Kier alpha value is -1.85. The van der Waals surface area contributed by atoms with Gasteiger partial charge in [-0.3, -0.25) is 4.79 Å². The third kappa shape index (κ3) is 2.77. The lowest BCUT2D eigenvalue weighted by atomic mass is 9.71. The number of nitrogens with two attached hydrogens (primary N) is 1. The molecule has 1 amide bonds. The van der Waals surface area contributed by atoms with Crippen LogP contribution < -0.4 is 5.73 Å². The highest BCUT2D eigenvalue weighted by Gasteiger charge is 2.44. The number of rotatable bonds is 3. The molecule has 1 aliphatic heterocycles. The lowest BCUT2D eigenvalue weighted by Crippen LogP contribution is -2.50. The van der Waals surface area contributed by atoms with Crippen LogP contribution in [0.3, 0.4) is 0 Å². The minimum atomic E-state index is -0.238. The van der Waals surface area contributed by atoms with E-state index in [1.165, 1.54) is 27.7 Å². The molecule has 156 valence electrons. The molecule has 3 aliphatic rings. The molecule has 0 radical (unpaired) electrons. The molecule has 5 heteroatoms. The van der Waals surface area contributed by atoms with Gasteiger partial charge in [0, 0.05) is 47.1 Å². The molecule has 2 heterocycles. The topological polar surface area (TPSA) is 71.5 Å². The SMILES string of the molecule is CC(C)n1c(C2CCCC2O)c2c3c(cccc31)C1CC(C(N)=O)CN(C)C1C2. The first-order chi connectivity index (χ1) is 13.9. The van der Waals surface area contributed by atoms with E-state index in [0.29, 0.717) is 18.0 Å². The fraction of sp³-hybridized carbons (Fsp3) is 0.625. The Balaban J connectivity index is 1.73. The first-order valence-corrected chi connectivity index (χ1v) is 11.2. The van der Waals surface area contributed by atoms with E-state index >= 15 is 0 Å². The van der Waals surface area contributed by atoms with Crippen LogP contribution in [0, 0.1) is 5.92 Å². The first kappa shape index (κ1) is 19.1. The number of fused-ring (bicyclic) bond motifs is 2. The Morgan fingerprint density at radius 3 is 2.69 bits per heavy atom. The van der Waals surface area contributed by atoms with Crippen molar-refractivity contribution >= 4 is 16.8 Å². The molecule has 1 saturated heterocycles. The van der Waals surface area contributed by atoms with E-state index in [4.69, 9.17) is 5.73 Å². The van der Waals surface area contributed by atoms with E-state index in [0.717, 1.165) is 38.6 Å². The summed E-state index contributed by atoms with van der Waals surface area (Å²) in [6, 6.07) is 7.42. The molecule has 2 aliphatic carbocycles. The van der Waals surface area contributed by atoms with E-state index in [-0.39, 0.29) is 23.8 Å². The van der Waals surface area contributed by atoms with Crippen LogP contribution in [0.2, 0.25) is 0 Å². The highest BCUT2D eigenvalue weighted by atomic mass is 16.3. The number of hydrogen-bond donors (Lipinski definition) is 2. The van der Waals surface area contributed by atoms with Gasteiger partial charge in [0.2, 0.25) is 5.91 Å². The molecule has 1 aromatic heterocycles. The number of carbonyl (C=O) groups is 1. The summed E-state index contributed by atoms with van der Waals surface area (Å²) in [5.74, 6) is 0.312. The van der Waals surface area contributed by atoms with Crippen LogP contribution >= 0.6 is 0 Å². The monoisotopic (exact) mass is 395 g/mol. The molecular weight excluding hydrogens is 362 g/mol. The van der Waals surface area contributed by atoms with Gasteiger partial charge in [-0.2, -0.15) is 0 Å². The summed E-state index contributed by atoms with van der Waals surface area (Å²) >= 11 is 0. The summed E-state index contributed by atoms with van der Waals surface area (Å²) < 4.78 is 2.50. The van der Waals surface area contributed by atoms with Gasteiger partial charge in [0.05, 0.1) is 12.0 Å². The van der Waals surface area contributed by atoms with Crippen LogP contribution in [0.4, 0.5) is 0 Å². The first-order valence-electron chi connectivity index (χ1n) is 11.2. The number of carbonyl (C=O) groups excluding carboxylic acids is 1. The number of benzene rings is 1. The molecule has 2 fully saturated rings. The average Bonchev–Trinajstić information content (AvgIpc) is 3.24. The van der Waals surface area contributed by atoms with Gasteiger partial charge in [-0.05, 0) is 63.8 Å². The summed E-state index contributed by atoms with van der Waals surface area (Å²) in [5.41, 5.74) is 11.2. The third-order valence-electron chi connectivity index (χ3n) is 7.84. The molecule has 5 rings (SSSR count). The number of amides is 1. The summed E-state index contributed by atoms with van der Waals surface area (Å²) in [6.07, 6.45) is 4.68. The Morgan fingerprint density at radius 1 is 1.24 bits per heavy atom. The maximum atomic E-state index is 12.0. The van der Waals surface area contributed by atoms with Gasteiger partial charge in [-0.15, -0.1) is 0 Å². The fourth-order valence-corrected chi connectivity index (χ4v) is 6.60. The number of aromatic nitrogens is 1. The van der Waals surface area contributed by atoms with Crippen molar-refractivity contribution < 1.29 is 9.90 Å². The second-order valence-electron chi connectivity index (χ2n) is 9.83. The molecule has 1 saturated carbocycles. The van der Waals surface area contributed by atoms with Crippen molar-refractivity contribution in [2.75, 3.05) is 13.6 Å². The fourth-order valence-electron chi connectivity index (χ4n) is 6.60. The highest BCUT2D eigenvalue weighted by Crippen LogP contribution is 2.50. The molecular formula is C24H33N3O2. The van der Waals surface area contributed by atoms with E-state index in [9.17, 15) is 9.90 Å². The number of likely N-dealkylation sites (N-methyl/N-ethyl adjacent to an activating group) is 1. The number of primary amides is 1. The standard InChI is InChI=1S/C24H33N3O2/c1-13(2)27-19-8-4-6-15-17-10-14(24(25)29)12-26(3)20(17)11-18(22(15)19)23(27)16-7-5-9-21(16)28/h4,6,8,13-14,16-17,20-21,28H,5,7,9-12H2,1-3H3,(H2,25,29). The highest BCUT2D eigenvalue weighted by molar-refractivity contribution is 5.91. The largest absolute Gasteiger partial charge is 0.392 e. The van der Waals surface area contributed by atoms with E-state index in [1.54, 1.807) is 0 Å². The van der Waals surface area contributed by atoms with Crippen LogP contribution in [0.1, 0.15) is 74.2 Å². The summed E-state index contributed by atoms with van der Waals surface area (Å²) in [6.45, 7) is 5.25. The number of aliphatic hydroxyl groups is 1. The predicted octanol–water partition coefficient (Wildman–Crippen LogP) is 3.30. The van der Waals surface area contributed by atoms with Gasteiger partial charge in [0.25, 0.3) is 0 Å². The van der Waals surface area contributed by atoms with E-state index in [1.807, 2.05) is 0 Å². The maximum absolute atomic E-state index is 12.0. The number of hydrogen-bond acceptors (Lipinski definition) is 3. The zero-order valence-corrected chi connectivity index (χ0v) is 17.8. The average molecular weight is 396 g/mol. The predicted molar refractivity (Wildman–Crippen MR) is 115 cm³/mol. The summed E-state index contributed by atoms with van der Waals surface area (Å²) in [4.78, 5) is 14.3. The molecule has 1 aromatic carbocycles. The van der Waals surface area contributed by atoms with Gasteiger partial charge < -0.3 is 20.3 Å². The van der Waals surface area contributed by atoms with Crippen LogP contribution in [0.5, 0.6) is 0 Å². The number of nitrogens with zero attached hydrogens (tertiary/aromatic N) is 2. The normalized spacial score (nSPS) is 32.1. The lowest BCUT2D eigenvalue weighted by Gasteiger charge is -2.45. The zero-order chi connectivity index (χ0) is 20.4. The molecule has 5 nitrogen and oxygen atoms in total. The minimum Gasteiger partial charge on any atom is -0.392 e. The van der Waals surface area contributed by atoms with Crippen LogP contribution in [0.15, 0.2) is 18.2 Å². The second kappa shape index (κ2) is 6.85. The summed E-state index contributed by atoms with van der Waals surface area (Å²) in [7, 11) is 2.14. The Labute approximate surface area is 172 Å². The van der Waals surface area contributed by atoms with Crippen molar-refractivity contribution in [2.24, 2.45) is 11.7 Å². The van der Waals surface area contributed by atoms with Crippen LogP contribution in [-0.2, 0) is 11.2 Å². The van der Waals surface area contributed by atoms with Crippen molar-refractivity contribution in [3.8, 4) is 0 Å². The smallest absolute Gasteiger partial charge is 0.221 e. The van der Waals surface area contributed by atoms with Gasteiger partial charge in [0.1, 0.15) is 0 Å². The molecule has 0 spiro atoms.